The van der Waals surface area contributed by atoms with Crippen LogP contribution in [0.25, 0.3) is 0 Å². The van der Waals surface area contributed by atoms with Gasteiger partial charge in [-0.05, 0) is 24.3 Å². The Morgan fingerprint density at radius 1 is 1.00 bits per heavy atom. The maximum absolute atomic E-state index is 3.74. The van der Waals surface area contributed by atoms with Crippen LogP contribution in [0.4, 0.5) is 0 Å². The molecule has 4 heteroatoms. The Balaban J connectivity index is 1.60. The van der Waals surface area contributed by atoms with Crippen LogP contribution >= 0.6 is 35.3 Å². The van der Waals surface area contributed by atoms with Crippen LogP contribution in [0, 0.1) is 0 Å². The van der Waals surface area contributed by atoms with Crippen molar-refractivity contribution in [3.63, 3.8) is 0 Å². The predicted molar refractivity (Wildman–Crippen MR) is 71.9 cm³/mol. The van der Waals surface area contributed by atoms with Gasteiger partial charge in [0.1, 0.15) is 0 Å². The maximum atomic E-state index is 3.74. The molecule has 1 unspecified atom stereocenters. The fourth-order valence-corrected chi connectivity index (χ4v) is 5.59. The lowest BCUT2D eigenvalue weighted by atomic mass is 10.1. The van der Waals surface area contributed by atoms with Crippen LogP contribution in [0.5, 0.6) is 0 Å². The second kappa shape index (κ2) is 6.56. The molecule has 1 nitrogen and oxygen atoms in total. The van der Waals surface area contributed by atoms with E-state index in [1.165, 1.54) is 48.2 Å². The van der Waals surface area contributed by atoms with Crippen LogP contribution in [-0.2, 0) is 0 Å². The van der Waals surface area contributed by atoms with Crippen LogP contribution in [0.2, 0.25) is 0 Å². The van der Waals surface area contributed by atoms with Gasteiger partial charge in [0.05, 0.1) is 0 Å². The molecule has 1 atom stereocenters. The fourth-order valence-electron chi connectivity index (χ4n) is 1.85. The molecule has 0 bridgehead atoms. The summed E-state index contributed by atoms with van der Waals surface area (Å²) in [6.45, 7) is 1.24. The zero-order valence-electron chi connectivity index (χ0n) is 8.54. The summed E-state index contributed by atoms with van der Waals surface area (Å²) >= 11 is 6.40. The zero-order chi connectivity index (χ0) is 9.64. The van der Waals surface area contributed by atoms with Crippen molar-refractivity contribution in [1.82, 2.24) is 5.32 Å². The first kappa shape index (κ1) is 11.5. The van der Waals surface area contributed by atoms with Crippen LogP contribution < -0.4 is 5.32 Å². The minimum absolute atomic E-state index is 0.823. The summed E-state index contributed by atoms with van der Waals surface area (Å²) in [5.41, 5.74) is 0. The van der Waals surface area contributed by atoms with Crippen molar-refractivity contribution in [1.29, 1.82) is 0 Å². The third-order valence-corrected chi connectivity index (χ3v) is 6.63. The van der Waals surface area contributed by atoms with Gasteiger partial charge in [-0.1, -0.05) is 0 Å². The highest BCUT2D eigenvalue weighted by Crippen LogP contribution is 2.24. The monoisotopic (exact) mass is 249 g/mol. The summed E-state index contributed by atoms with van der Waals surface area (Å²) in [6.07, 6.45) is 2.77. The molecule has 0 aromatic rings. The Bertz CT molecular complexity index is 135. The minimum Gasteiger partial charge on any atom is -0.313 e. The lowest BCUT2D eigenvalue weighted by Gasteiger charge is -2.27. The van der Waals surface area contributed by atoms with E-state index in [9.17, 15) is 0 Å². The molecule has 2 rings (SSSR count). The van der Waals surface area contributed by atoms with Crippen molar-refractivity contribution >= 4 is 35.3 Å². The van der Waals surface area contributed by atoms with E-state index in [1.807, 2.05) is 0 Å². The summed E-state index contributed by atoms with van der Waals surface area (Å²) in [5, 5.41) is 4.62. The number of rotatable bonds is 3. The predicted octanol–water partition coefficient (Wildman–Crippen LogP) is 2.32. The first-order chi connectivity index (χ1) is 6.95. The van der Waals surface area contributed by atoms with Gasteiger partial charge in [0, 0.05) is 35.1 Å². The Hall–Kier alpha value is 1.01. The summed E-state index contributed by atoms with van der Waals surface area (Å²) in [4.78, 5) is 0. The third-order valence-electron chi connectivity index (χ3n) is 2.74. The van der Waals surface area contributed by atoms with E-state index >= 15 is 0 Å². The van der Waals surface area contributed by atoms with Crippen molar-refractivity contribution < 1.29 is 0 Å². The number of nitrogens with one attached hydrogen (secondary N) is 1. The van der Waals surface area contributed by atoms with Crippen molar-refractivity contribution in [2.45, 2.75) is 24.1 Å². The standard InChI is InChI=1S/C10H19NS3/c1-3-12-4-2-9(1)11-7-10-8-13-5-6-14-10/h9-11H,1-8H2. The van der Waals surface area contributed by atoms with Crippen molar-refractivity contribution in [3.05, 3.63) is 0 Å². The van der Waals surface area contributed by atoms with E-state index in [1.54, 1.807) is 0 Å². The summed E-state index contributed by atoms with van der Waals surface area (Å²) < 4.78 is 0. The third kappa shape index (κ3) is 3.87. The highest BCUT2D eigenvalue weighted by atomic mass is 32.2. The van der Waals surface area contributed by atoms with Gasteiger partial charge in [0.15, 0.2) is 0 Å². The van der Waals surface area contributed by atoms with E-state index in [4.69, 9.17) is 0 Å². The molecule has 0 saturated carbocycles. The molecule has 14 heavy (non-hydrogen) atoms. The molecule has 2 fully saturated rings. The summed E-state index contributed by atoms with van der Waals surface area (Å²) in [6, 6.07) is 0.823. The Morgan fingerprint density at radius 2 is 1.86 bits per heavy atom. The molecule has 0 amide bonds. The Morgan fingerprint density at radius 3 is 2.57 bits per heavy atom. The molecule has 0 aromatic heterocycles. The van der Waals surface area contributed by atoms with Crippen LogP contribution in [0.3, 0.4) is 0 Å². The maximum Gasteiger partial charge on any atom is 0.0263 e. The molecule has 0 aliphatic carbocycles. The van der Waals surface area contributed by atoms with Gasteiger partial charge < -0.3 is 5.32 Å². The van der Waals surface area contributed by atoms with E-state index < -0.39 is 0 Å². The molecule has 0 aromatic carbocycles. The molecule has 0 spiro atoms. The average molecular weight is 249 g/mol. The summed E-state index contributed by atoms with van der Waals surface area (Å²) in [5.74, 6) is 6.81. The van der Waals surface area contributed by atoms with E-state index in [0.29, 0.717) is 0 Å². The molecular weight excluding hydrogens is 230 g/mol. The second-order valence-corrected chi connectivity index (χ2v) is 7.65. The smallest absolute Gasteiger partial charge is 0.0263 e. The topological polar surface area (TPSA) is 12.0 Å². The molecule has 1 N–H and O–H groups in total. The molecule has 0 radical (unpaired) electrons. The van der Waals surface area contributed by atoms with Crippen molar-refractivity contribution in [2.24, 2.45) is 0 Å². The largest absolute Gasteiger partial charge is 0.313 e. The van der Waals surface area contributed by atoms with Crippen molar-refractivity contribution in [2.75, 3.05) is 35.3 Å². The lowest BCUT2D eigenvalue weighted by molar-refractivity contribution is 0.486. The molecule has 2 saturated heterocycles. The van der Waals surface area contributed by atoms with Gasteiger partial charge in [-0.25, -0.2) is 0 Å². The molecule has 2 heterocycles. The normalized spacial score (nSPS) is 30.4. The molecule has 2 aliphatic heterocycles. The first-order valence-corrected chi connectivity index (χ1v) is 8.81. The van der Waals surface area contributed by atoms with Gasteiger partial charge in [0.25, 0.3) is 0 Å². The molecular formula is C10H19NS3. The number of hydrogen-bond acceptors (Lipinski definition) is 4. The highest BCUT2D eigenvalue weighted by Gasteiger charge is 2.17. The minimum atomic E-state index is 0.823. The Kier molecular flexibility index (Phi) is 5.39. The zero-order valence-corrected chi connectivity index (χ0v) is 11.0. The van der Waals surface area contributed by atoms with Gasteiger partial charge in [-0.2, -0.15) is 35.3 Å². The number of thioether (sulfide) groups is 3. The van der Waals surface area contributed by atoms with E-state index in [2.05, 4.69) is 40.6 Å². The fraction of sp³-hybridized carbons (Fsp3) is 1.00. The van der Waals surface area contributed by atoms with Gasteiger partial charge >= 0.3 is 0 Å². The van der Waals surface area contributed by atoms with Gasteiger partial charge in [-0.3, -0.25) is 0 Å². The second-order valence-electron chi connectivity index (χ2n) is 3.86. The summed E-state index contributed by atoms with van der Waals surface area (Å²) in [7, 11) is 0. The SMILES string of the molecule is C1CC(NCC2CSCCS2)CCS1. The average Bonchev–Trinajstić information content (AvgIpc) is 2.29. The molecule has 82 valence electrons. The highest BCUT2D eigenvalue weighted by molar-refractivity contribution is 8.06. The van der Waals surface area contributed by atoms with Crippen LogP contribution in [0.1, 0.15) is 12.8 Å². The van der Waals surface area contributed by atoms with Crippen LogP contribution in [0.15, 0.2) is 0 Å². The van der Waals surface area contributed by atoms with Crippen LogP contribution in [-0.4, -0.2) is 46.6 Å². The quantitative estimate of drug-likeness (QED) is 0.823. The lowest BCUT2D eigenvalue weighted by Crippen LogP contribution is -2.38. The first-order valence-electron chi connectivity index (χ1n) is 5.45. The van der Waals surface area contributed by atoms with E-state index in [0.717, 1.165) is 11.3 Å². The Labute approximate surface area is 99.9 Å². The van der Waals surface area contributed by atoms with E-state index in [-0.39, 0.29) is 0 Å². The molecule has 2 aliphatic rings. The number of hydrogen-bond donors (Lipinski definition) is 1. The van der Waals surface area contributed by atoms with Gasteiger partial charge in [0.2, 0.25) is 0 Å². The van der Waals surface area contributed by atoms with Gasteiger partial charge in [-0.15, -0.1) is 0 Å². The van der Waals surface area contributed by atoms with Crippen molar-refractivity contribution in [3.8, 4) is 0 Å².